The van der Waals surface area contributed by atoms with E-state index in [-0.39, 0.29) is 18.4 Å². The molecule has 0 N–H and O–H groups in total. The molecule has 2 aromatic carbocycles. The number of amides is 2. The maximum atomic E-state index is 12.5. The van der Waals surface area contributed by atoms with E-state index in [2.05, 4.69) is 0 Å². The van der Waals surface area contributed by atoms with Crippen molar-refractivity contribution in [2.24, 2.45) is 0 Å². The fourth-order valence-corrected chi connectivity index (χ4v) is 2.55. The van der Waals surface area contributed by atoms with E-state index in [1.54, 1.807) is 30.1 Å². The molecule has 0 spiro atoms. The number of rotatable bonds is 4. The molecule has 0 unspecified atom stereocenters. The van der Waals surface area contributed by atoms with Crippen LogP contribution in [0, 0.1) is 6.92 Å². The van der Waals surface area contributed by atoms with Gasteiger partial charge in [-0.3, -0.25) is 9.59 Å². The largest absolute Gasteiger partial charge is 0.314 e. The van der Waals surface area contributed by atoms with Gasteiger partial charge in [0.25, 0.3) is 0 Å². The minimum absolute atomic E-state index is 0.0246. The SMILES string of the molecule is CC(=O)N(CC(=O)N(C)c1ccccc1)c1ccc(Cl)cc1C. The van der Waals surface area contributed by atoms with Gasteiger partial charge in [-0.05, 0) is 42.8 Å². The summed E-state index contributed by atoms with van der Waals surface area (Å²) < 4.78 is 0. The molecule has 0 aromatic heterocycles. The van der Waals surface area contributed by atoms with Crippen molar-refractivity contribution < 1.29 is 9.59 Å². The van der Waals surface area contributed by atoms with Crippen LogP contribution in [0.25, 0.3) is 0 Å². The number of nitrogens with zero attached hydrogens (tertiary/aromatic N) is 2. The maximum absolute atomic E-state index is 12.5. The summed E-state index contributed by atoms with van der Waals surface area (Å²) in [5.74, 6) is -0.356. The molecule has 0 aliphatic rings. The lowest BCUT2D eigenvalue weighted by atomic mass is 10.1. The summed E-state index contributed by atoms with van der Waals surface area (Å²) in [6, 6.07) is 14.6. The van der Waals surface area contributed by atoms with E-state index in [1.807, 2.05) is 37.3 Å². The van der Waals surface area contributed by atoms with E-state index in [0.29, 0.717) is 10.7 Å². The third-order valence-electron chi connectivity index (χ3n) is 3.64. The first-order valence-electron chi connectivity index (χ1n) is 7.26. The Kier molecular flexibility index (Phi) is 5.40. The van der Waals surface area contributed by atoms with Crippen LogP contribution < -0.4 is 9.80 Å². The van der Waals surface area contributed by atoms with E-state index < -0.39 is 0 Å². The molecule has 0 aliphatic heterocycles. The predicted octanol–water partition coefficient (Wildman–Crippen LogP) is 3.66. The van der Waals surface area contributed by atoms with Gasteiger partial charge in [0.05, 0.1) is 0 Å². The summed E-state index contributed by atoms with van der Waals surface area (Å²) in [7, 11) is 1.70. The monoisotopic (exact) mass is 330 g/mol. The molecule has 2 rings (SSSR count). The van der Waals surface area contributed by atoms with Crippen molar-refractivity contribution in [1.82, 2.24) is 0 Å². The zero-order valence-corrected chi connectivity index (χ0v) is 14.2. The number of halogens is 1. The Morgan fingerprint density at radius 3 is 2.30 bits per heavy atom. The molecule has 0 saturated heterocycles. The summed E-state index contributed by atoms with van der Waals surface area (Å²) in [6.45, 7) is 3.29. The quantitative estimate of drug-likeness (QED) is 0.858. The second kappa shape index (κ2) is 7.29. The summed E-state index contributed by atoms with van der Waals surface area (Å²) in [6.07, 6.45) is 0. The molecule has 0 fully saturated rings. The lowest BCUT2D eigenvalue weighted by molar-refractivity contribution is -0.121. The molecule has 0 aliphatic carbocycles. The first-order valence-corrected chi connectivity index (χ1v) is 7.64. The Hall–Kier alpha value is -2.33. The number of hydrogen-bond acceptors (Lipinski definition) is 2. The molecule has 0 atom stereocenters. The molecule has 4 nitrogen and oxygen atoms in total. The van der Waals surface area contributed by atoms with Gasteiger partial charge in [-0.15, -0.1) is 0 Å². The van der Waals surface area contributed by atoms with Gasteiger partial charge in [0, 0.05) is 30.4 Å². The number of anilines is 2. The van der Waals surface area contributed by atoms with Crippen LogP contribution in [-0.2, 0) is 9.59 Å². The number of likely N-dealkylation sites (N-methyl/N-ethyl adjacent to an activating group) is 1. The summed E-state index contributed by atoms with van der Waals surface area (Å²) in [4.78, 5) is 27.5. The highest BCUT2D eigenvalue weighted by atomic mass is 35.5. The second-order valence-electron chi connectivity index (χ2n) is 5.32. The van der Waals surface area contributed by atoms with E-state index in [1.165, 1.54) is 11.8 Å². The van der Waals surface area contributed by atoms with Gasteiger partial charge in [0.15, 0.2) is 0 Å². The van der Waals surface area contributed by atoms with Crippen molar-refractivity contribution in [2.45, 2.75) is 13.8 Å². The Balaban J connectivity index is 2.23. The number of benzene rings is 2. The zero-order valence-electron chi connectivity index (χ0n) is 13.4. The van der Waals surface area contributed by atoms with Gasteiger partial charge >= 0.3 is 0 Å². The molecular weight excluding hydrogens is 312 g/mol. The maximum Gasteiger partial charge on any atom is 0.246 e. The first kappa shape index (κ1) is 17.0. The van der Waals surface area contributed by atoms with Crippen LogP contribution in [0.1, 0.15) is 12.5 Å². The van der Waals surface area contributed by atoms with Crippen molar-refractivity contribution in [3.05, 3.63) is 59.1 Å². The molecule has 120 valence electrons. The standard InChI is InChI=1S/C18H19ClN2O2/c1-13-11-15(19)9-10-17(13)21(14(2)22)12-18(23)20(3)16-7-5-4-6-8-16/h4-11H,12H2,1-3H3. The van der Waals surface area contributed by atoms with Gasteiger partial charge in [0.1, 0.15) is 6.54 Å². The van der Waals surface area contributed by atoms with Crippen LogP contribution in [0.4, 0.5) is 11.4 Å². The van der Waals surface area contributed by atoms with Crippen LogP contribution in [-0.4, -0.2) is 25.4 Å². The Morgan fingerprint density at radius 2 is 1.74 bits per heavy atom. The van der Waals surface area contributed by atoms with Crippen molar-refractivity contribution in [3.63, 3.8) is 0 Å². The lowest BCUT2D eigenvalue weighted by Crippen LogP contribution is -2.41. The van der Waals surface area contributed by atoms with Crippen LogP contribution in [0.15, 0.2) is 48.5 Å². The molecule has 0 radical (unpaired) electrons. The summed E-state index contributed by atoms with van der Waals surface area (Å²) >= 11 is 5.96. The lowest BCUT2D eigenvalue weighted by Gasteiger charge is -2.25. The zero-order chi connectivity index (χ0) is 17.0. The number of para-hydroxylation sites is 1. The normalized spacial score (nSPS) is 10.3. The van der Waals surface area contributed by atoms with Crippen molar-refractivity contribution in [2.75, 3.05) is 23.4 Å². The highest BCUT2D eigenvalue weighted by molar-refractivity contribution is 6.30. The molecule has 2 amide bonds. The van der Waals surface area contributed by atoms with Gasteiger partial charge < -0.3 is 9.80 Å². The summed E-state index contributed by atoms with van der Waals surface area (Å²) in [5.41, 5.74) is 2.33. The van der Waals surface area contributed by atoms with Crippen molar-refractivity contribution in [3.8, 4) is 0 Å². The Bertz CT molecular complexity index is 716. The minimum Gasteiger partial charge on any atom is -0.314 e. The van der Waals surface area contributed by atoms with E-state index in [4.69, 9.17) is 11.6 Å². The molecule has 5 heteroatoms. The fourth-order valence-electron chi connectivity index (χ4n) is 2.32. The minimum atomic E-state index is -0.190. The van der Waals surface area contributed by atoms with Crippen LogP contribution in [0.5, 0.6) is 0 Å². The van der Waals surface area contributed by atoms with E-state index >= 15 is 0 Å². The van der Waals surface area contributed by atoms with Crippen LogP contribution in [0.2, 0.25) is 5.02 Å². The number of hydrogen-bond donors (Lipinski definition) is 0. The average Bonchev–Trinajstić information content (AvgIpc) is 2.53. The number of aryl methyl sites for hydroxylation is 1. The van der Waals surface area contributed by atoms with Crippen molar-refractivity contribution >= 4 is 34.8 Å². The van der Waals surface area contributed by atoms with Gasteiger partial charge in [-0.2, -0.15) is 0 Å². The Labute approximate surface area is 141 Å². The highest BCUT2D eigenvalue weighted by Crippen LogP contribution is 2.24. The smallest absolute Gasteiger partial charge is 0.246 e. The molecular formula is C18H19ClN2O2. The average molecular weight is 331 g/mol. The molecule has 2 aromatic rings. The van der Waals surface area contributed by atoms with Crippen LogP contribution in [0.3, 0.4) is 0 Å². The van der Waals surface area contributed by atoms with Crippen molar-refractivity contribution in [1.29, 1.82) is 0 Å². The first-order chi connectivity index (χ1) is 10.9. The molecule has 0 bridgehead atoms. The predicted molar refractivity (Wildman–Crippen MR) is 94.1 cm³/mol. The molecule has 23 heavy (non-hydrogen) atoms. The van der Waals surface area contributed by atoms with Crippen LogP contribution >= 0.6 is 11.6 Å². The molecule has 0 heterocycles. The third-order valence-corrected chi connectivity index (χ3v) is 3.88. The Morgan fingerprint density at radius 1 is 1.09 bits per heavy atom. The second-order valence-corrected chi connectivity index (χ2v) is 5.76. The van der Waals surface area contributed by atoms with Gasteiger partial charge in [0.2, 0.25) is 11.8 Å². The summed E-state index contributed by atoms with van der Waals surface area (Å²) in [5, 5.41) is 0.600. The van der Waals surface area contributed by atoms with Gasteiger partial charge in [-0.25, -0.2) is 0 Å². The van der Waals surface area contributed by atoms with E-state index in [0.717, 1.165) is 11.3 Å². The third kappa shape index (κ3) is 4.11. The van der Waals surface area contributed by atoms with Gasteiger partial charge in [-0.1, -0.05) is 29.8 Å². The van der Waals surface area contributed by atoms with E-state index in [9.17, 15) is 9.59 Å². The topological polar surface area (TPSA) is 40.6 Å². The number of carbonyl (C=O) groups is 2. The fraction of sp³-hybridized carbons (Fsp3) is 0.222. The number of carbonyl (C=O) groups excluding carboxylic acids is 2. The highest BCUT2D eigenvalue weighted by Gasteiger charge is 2.20. The molecule has 0 saturated carbocycles.